The molecule has 8 heteroatoms. The fourth-order valence-corrected chi connectivity index (χ4v) is 3.86. The lowest BCUT2D eigenvalue weighted by Gasteiger charge is -2.32. The molecule has 0 aromatic heterocycles. The predicted molar refractivity (Wildman–Crippen MR) is 63.7 cm³/mol. The summed E-state index contributed by atoms with van der Waals surface area (Å²) in [5, 5.41) is 3.61. The van der Waals surface area contributed by atoms with Crippen LogP contribution < -0.4 is 4.91 Å². The van der Waals surface area contributed by atoms with Crippen molar-refractivity contribution in [1.29, 1.82) is 5.53 Å². The van der Waals surface area contributed by atoms with Crippen molar-refractivity contribution in [2.75, 3.05) is 47.0 Å². The van der Waals surface area contributed by atoms with Gasteiger partial charge in [-0.15, -0.1) is 0 Å². The molecule has 1 saturated heterocycles. The first kappa shape index (κ1) is 14.4. The molecule has 1 fully saturated rings. The molecule has 0 radical (unpaired) electrons. The van der Waals surface area contributed by atoms with Crippen LogP contribution in [0.4, 0.5) is 0 Å². The van der Waals surface area contributed by atoms with Gasteiger partial charge < -0.3 is 18.2 Å². The molecule has 0 aliphatic carbocycles. The summed E-state index contributed by atoms with van der Waals surface area (Å²) >= 11 is 0. The second-order valence-corrected chi connectivity index (χ2v) is 6.81. The summed E-state index contributed by atoms with van der Waals surface area (Å²) in [5.41, 5.74) is 6.58. The smallest absolute Gasteiger partial charge is 0.377 e. The zero-order chi connectivity index (χ0) is 12.6. The highest BCUT2D eigenvalue weighted by Crippen LogP contribution is 2.18. The van der Waals surface area contributed by atoms with Gasteiger partial charge in [0.05, 0.1) is 13.2 Å². The number of rotatable bonds is 5. The molecular formula is C9H21N4O3Si+. The molecule has 1 aliphatic rings. The average Bonchev–Trinajstić information content (AvgIpc) is 2.31. The highest BCUT2D eigenvalue weighted by atomic mass is 28.4. The molecule has 98 valence electrons. The standard InChI is InChI=1S/C9H21N4O3Si/c1-13-5-7-15-17(14-2,16-8-6-13)9-3-4-11-12-10/h10H,3-9H2,1-2H3/q+1. The van der Waals surface area contributed by atoms with Crippen LogP contribution in [0.5, 0.6) is 0 Å². The van der Waals surface area contributed by atoms with E-state index in [-0.39, 0.29) is 0 Å². The Balaban J connectivity index is 2.44. The number of hydrogen-bond donors (Lipinski definition) is 1. The second kappa shape index (κ2) is 7.65. The molecule has 0 atom stereocenters. The fraction of sp³-hybridized carbons (Fsp3) is 1.00. The van der Waals surface area contributed by atoms with Crippen LogP contribution in [0.1, 0.15) is 6.42 Å². The summed E-state index contributed by atoms with van der Waals surface area (Å²) < 4.78 is 17.1. The summed E-state index contributed by atoms with van der Waals surface area (Å²) in [6.07, 6.45) is 0.776. The number of nitrogens with zero attached hydrogens (tertiary/aromatic N) is 3. The lowest BCUT2D eigenvalue weighted by molar-refractivity contribution is 0.0426. The minimum absolute atomic E-state index is 0.522. The van der Waals surface area contributed by atoms with Crippen molar-refractivity contribution in [2.45, 2.75) is 12.5 Å². The first-order valence-electron chi connectivity index (χ1n) is 5.77. The minimum Gasteiger partial charge on any atom is -0.377 e. The molecule has 7 nitrogen and oxygen atoms in total. The van der Waals surface area contributed by atoms with Gasteiger partial charge in [0.15, 0.2) is 0 Å². The zero-order valence-corrected chi connectivity index (χ0v) is 11.5. The molecule has 0 spiro atoms. The molecule has 0 aromatic rings. The third-order valence-electron chi connectivity index (χ3n) is 2.71. The zero-order valence-electron chi connectivity index (χ0n) is 10.5. The van der Waals surface area contributed by atoms with Gasteiger partial charge in [0.25, 0.3) is 0 Å². The van der Waals surface area contributed by atoms with E-state index in [1.54, 1.807) is 7.11 Å². The third-order valence-corrected chi connectivity index (χ3v) is 5.59. The van der Waals surface area contributed by atoms with Crippen molar-refractivity contribution in [3.8, 4) is 0 Å². The maximum atomic E-state index is 6.58. The summed E-state index contributed by atoms with van der Waals surface area (Å²) in [6.45, 7) is 3.59. The summed E-state index contributed by atoms with van der Waals surface area (Å²) in [7, 11) is 1.18. The average molecular weight is 261 g/mol. The first-order valence-corrected chi connectivity index (χ1v) is 7.70. The number of hydrogen-bond acceptors (Lipinski definition) is 6. The van der Waals surface area contributed by atoms with E-state index in [0.29, 0.717) is 19.8 Å². The Labute approximate surface area is 103 Å². The van der Waals surface area contributed by atoms with E-state index >= 15 is 0 Å². The molecule has 1 N–H and O–H groups in total. The van der Waals surface area contributed by atoms with Crippen molar-refractivity contribution >= 4 is 8.80 Å². The maximum absolute atomic E-state index is 6.58. The van der Waals surface area contributed by atoms with Crippen molar-refractivity contribution in [3.63, 3.8) is 0 Å². The normalized spacial score (nSPS) is 21.3. The third kappa shape index (κ3) is 5.03. The highest BCUT2D eigenvalue weighted by molar-refractivity contribution is 6.60. The van der Waals surface area contributed by atoms with E-state index in [4.69, 9.17) is 18.8 Å². The van der Waals surface area contributed by atoms with Gasteiger partial charge in [0, 0.05) is 26.2 Å². The monoisotopic (exact) mass is 261 g/mol. The molecular weight excluding hydrogens is 240 g/mol. The van der Waals surface area contributed by atoms with E-state index in [0.717, 1.165) is 25.6 Å². The van der Waals surface area contributed by atoms with Crippen molar-refractivity contribution < 1.29 is 13.3 Å². The van der Waals surface area contributed by atoms with Crippen LogP contribution in [-0.2, 0) is 13.3 Å². The van der Waals surface area contributed by atoms with Gasteiger partial charge in [0.1, 0.15) is 17.2 Å². The van der Waals surface area contributed by atoms with E-state index in [1.807, 2.05) is 7.05 Å². The number of likely N-dealkylation sites (N-methyl/N-ethyl adjacent to an activating group) is 1. The first-order chi connectivity index (χ1) is 8.22. The Morgan fingerprint density at radius 1 is 1.41 bits per heavy atom. The Bertz CT molecular complexity index is 263. The molecule has 1 rings (SSSR count). The van der Waals surface area contributed by atoms with Crippen LogP contribution in [0.2, 0.25) is 6.04 Å². The van der Waals surface area contributed by atoms with E-state index < -0.39 is 8.80 Å². The summed E-state index contributed by atoms with van der Waals surface area (Å²) in [4.78, 5) is 5.14. The topological polar surface area (TPSA) is 81.2 Å². The minimum atomic E-state index is -2.51. The Morgan fingerprint density at radius 2 is 2.06 bits per heavy atom. The summed E-state index contributed by atoms with van der Waals surface area (Å²) in [5.74, 6) is 0. The van der Waals surface area contributed by atoms with Gasteiger partial charge in [-0.2, -0.15) is 0 Å². The van der Waals surface area contributed by atoms with Crippen LogP contribution in [0.25, 0.3) is 0 Å². The maximum Gasteiger partial charge on any atom is 0.500 e. The molecule has 0 aromatic carbocycles. The lowest BCUT2D eigenvalue weighted by atomic mass is 10.5. The van der Waals surface area contributed by atoms with Crippen LogP contribution in [0, 0.1) is 5.53 Å². The van der Waals surface area contributed by atoms with Crippen LogP contribution in [0.3, 0.4) is 0 Å². The highest BCUT2D eigenvalue weighted by Gasteiger charge is 2.40. The Kier molecular flexibility index (Phi) is 6.49. The van der Waals surface area contributed by atoms with Gasteiger partial charge in [-0.1, -0.05) is 0 Å². The fourth-order valence-electron chi connectivity index (χ4n) is 1.65. The molecule has 0 saturated carbocycles. The van der Waals surface area contributed by atoms with Gasteiger partial charge in [-0.25, -0.2) is 0 Å². The van der Waals surface area contributed by atoms with Crippen LogP contribution in [-0.4, -0.2) is 60.7 Å². The van der Waals surface area contributed by atoms with E-state index in [2.05, 4.69) is 14.9 Å². The SMILES string of the molecule is CO[Si]1(CCCN=[N+]=N)OCCN(C)CCO1. The summed E-state index contributed by atoms with van der Waals surface area (Å²) in [6, 6.07) is 0.728. The van der Waals surface area contributed by atoms with Crippen LogP contribution in [0.15, 0.2) is 5.11 Å². The quantitative estimate of drug-likeness (QED) is 0.338. The predicted octanol–water partition coefficient (Wildman–Crippen LogP) is 0.491. The van der Waals surface area contributed by atoms with Gasteiger partial charge >= 0.3 is 8.80 Å². The van der Waals surface area contributed by atoms with Crippen LogP contribution >= 0.6 is 0 Å². The Morgan fingerprint density at radius 3 is 2.59 bits per heavy atom. The van der Waals surface area contributed by atoms with Gasteiger partial charge in [0.2, 0.25) is 4.91 Å². The van der Waals surface area contributed by atoms with E-state index in [1.165, 1.54) is 0 Å². The molecule has 17 heavy (non-hydrogen) atoms. The van der Waals surface area contributed by atoms with Crippen molar-refractivity contribution in [2.24, 2.45) is 5.11 Å². The van der Waals surface area contributed by atoms with E-state index in [9.17, 15) is 0 Å². The van der Waals surface area contributed by atoms with Gasteiger partial charge in [-0.3, -0.25) is 0 Å². The van der Waals surface area contributed by atoms with Crippen molar-refractivity contribution in [1.82, 2.24) is 9.81 Å². The molecule has 0 bridgehead atoms. The van der Waals surface area contributed by atoms with Gasteiger partial charge in [-0.05, 0) is 13.5 Å². The largest absolute Gasteiger partial charge is 0.500 e. The molecule has 0 amide bonds. The second-order valence-electron chi connectivity index (χ2n) is 3.96. The molecule has 1 aliphatic heterocycles. The number of nitrogens with one attached hydrogen (secondary N) is 1. The molecule has 0 unspecified atom stereocenters. The lowest BCUT2D eigenvalue weighted by Crippen LogP contribution is -2.49. The Hall–Kier alpha value is -0.633. The van der Waals surface area contributed by atoms with Crippen molar-refractivity contribution in [3.05, 3.63) is 0 Å². The molecule has 1 heterocycles.